The molecule has 1 aromatic rings. The molecule has 5 nitrogen and oxygen atoms in total. The zero-order valence-electron chi connectivity index (χ0n) is 13.2. The number of hydrazone groups is 1. The molecule has 0 radical (unpaired) electrons. The Kier molecular flexibility index (Phi) is 7.11. The van der Waals surface area contributed by atoms with Crippen LogP contribution in [0.4, 0.5) is 0 Å². The molecule has 0 bridgehead atoms. The van der Waals surface area contributed by atoms with Crippen LogP contribution in [0.3, 0.4) is 0 Å². The summed E-state index contributed by atoms with van der Waals surface area (Å²) < 4.78 is 10.4. The van der Waals surface area contributed by atoms with Gasteiger partial charge in [0.1, 0.15) is 5.75 Å². The van der Waals surface area contributed by atoms with E-state index < -0.39 is 0 Å². The number of methoxy groups -OCH3 is 2. The molecule has 1 aromatic carbocycles. The number of hydrogen-bond acceptors (Lipinski definition) is 4. The van der Waals surface area contributed by atoms with E-state index in [4.69, 9.17) is 21.7 Å². The van der Waals surface area contributed by atoms with Crippen molar-refractivity contribution in [3.63, 3.8) is 0 Å². The second-order valence-corrected chi connectivity index (χ2v) is 5.25. The van der Waals surface area contributed by atoms with Gasteiger partial charge in [-0.1, -0.05) is 11.6 Å². The minimum absolute atomic E-state index is 0.124. The van der Waals surface area contributed by atoms with Crippen LogP contribution in [-0.2, 0) is 4.74 Å². The van der Waals surface area contributed by atoms with E-state index in [1.165, 1.54) is 0 Å². The van der Waals surface area contributed by atoms with Crippen molar-refractivity contribution >= 4 is 23.0 Å². The topological polar surface area (TPSA) is 54.9 Å². The zero-order chi connectivity index (χ0) is 15.8. The summed E-state index contributed by atoms with van der Waals surface area (Å²) in [5.41, 5.74) is 5.73. The number of benzene rings is 1. The number of thiocarbonyl (C=S) groups is 1. The number of ether oxygens (including phenoxy) is 2. The van der Waals surface area contributed by atoms with Crippen molar-refractivity contribution < 1.29 is 9.47 Å². The molecule has 0 aliphatic heterocycles. The summed E-state index contributed by atoms with van der Waals surface area (Å²) >= 11 is 5.18. The van der Waals surface area contributed by atoms with E-state index in [0.717, 1.165) is 22.6 Å². The number of rotatable bonds is 6. The van der Waals surface area contributed by atoms with Gasteiger partial charge in [0, 0.05) is 18.7 Å². The van der Waals surface area contributed by atoms with Crippen LogP contribution in [0.5, 0.6) is 5.75 Å². The molecular formula is C15H23N3O2S. The van der Waals surface area contributed by atoms with Crippen LogP contribution in [0.15, 0.2) is 23.3 Å². The predicted molar refractivity (Wildman–Crippen MR) is 90.1 cm³/mol. The van der Waals surface area contributed by atoms with Gasteiger partial charge in [0.2, 0.25) is 0 Å². The first-order valence-electron chi connectivity index (χ1n) is 6.72. The van der Waals surface area contributed by atoms with Crippen molar-refractivity contribution in [1.29, 1.82) is 0 Å². The van der Waals surface area contributed by atoms with Gasteiger partial charge < -0.3 is 14.8 Å². The van der Waals surface area contributed by atoms with Crippen molar-refractivity contribution in [3.8, 4) is 5.75 Å². The minimum Gasteiger partial charge on any atom is -0.496 e. The van der Waals surface area contributed by atoms with Gasteiger partial charge in [-0.3, -0.25) is 5.43 Å². The standard InChI is InChI=1S/C15H23N3O2S/c1-10-6-7-14(20-5)13(8-10)12(3)17-18-15(21)16-11(2)9-19-4/h6-8,11H,9H2,1-5H3,(H2,16,18,21)/b17-12-/t11-/m1/s1. The lowest BCUT2D eigenvalue weighted by molar-refractivity contribution is 0.179. The second kappa shape index (κ2) is 8.59. The van der Waals surface area contributed by atoms with Crippen molar-refractivity contribution in [2.24, 2.45) is 5.10 Å². The molecule has 0 amide bonds. The van der Waals surface area contributed by atoms with E-state index in [2.05, 4.69) is 15.8 Å². The Hall–Kier alpha value is -1.66. The Labute approximate surface area is 131 Å². The maximum Gasteiger partial charge on any atom is 0.187 e. The van der Waals surface area contributed by atoms with Crippen LogP contribution < -0.4 is 15.5 Å². The summed E-state index contributed by atoms with van der Waals surface area (Å²) in [5.74, 6) is 0.787. The molecule has 1 rings (SSSR count). The molecule has 0 saturated heterocycles. The smallest absolute Gasteiger partial charge is 0.187 e. The third-order valence-electron chi connectivity index (χ3n) is 2.86. The molecule has 0 aliphatic rings. The number of nitrogens with zero attached hydrogens (tertiary/aromatic N) is 1. The third-order valence-corrected chi connectivity index (χ3v) is 3.07. The maximum atomic E-state index is 5.35. The predicted octanol–water partition coefficient (Wildman–Crippen LogP) is 2.23. The Morgan fingerprint density at radius 3 is 2.71 bits per heavy atom. The Bertz CT molecular complexity index is 518. The molecule has 0 aliphatic carbocycles. The lowest BCUT2D eigenvalue weighted by atomic mass is 10.1. The Balaban J connectivity index is 2.72. The van der Waals surface area contributed by atoms with Crippen LogP contribution >= 0.6 is 12.2 Å². The van der Waals surface area contributed by atoms with Crippen LogP contribution in [0.25, 0.3) is 0 Å². The maximum absolute atomic E-state index is 5.35. The van der Waals surface area contributed by atoms with E-state index in [-0.39, 0.29) is 6.04 Å². The first-order chi connectivity index (χ1) is 9.97. The number of aryl methyl sites for hydroxylation is 1. The van der Waals surface area contributed by atoms with Gasteiger partial charge in [-0.15, -0.1) is 0 Å². The lowest BCUT2D eigenvalue weighted by Gasteiger charge is -2.15. The molecule has 116 valence electrons. The number of hydrogen-bond donors (Lipinski definition) is 2. The highest BCUT2D eigenvalue weighted by Crippen LogP contribution is 2.20. The molecule has 21 heavy (non-hydrogen) atoms. The molecule has 0 fully saturated rings. The molecule has 0 unspecified atom stereocenters. The molecule has 0 aromatic heterocycles. The van der Waals surface area contributed by atoms with Gasteiger partial charge in [-0.2, -0.15) is 5.10 Å². The first-order valence-corrected chi connectivity index (χ1v) is 7.13. The van der Waals surface area contributed by atoms with Gasteiger partial charge >= 0.3 is 0 Å². The summed E-state index contributed by atoms with van der Waals surface area (Å²) in [6, 6.07) is 6.09. The van der Waals surface area contributed by atoms with E-state index in [9.17, 15) is 0 Å². The van der Waals surface area contributed by atoms with Crippen LogP contribution in [0.1, 0.15) is 25.0 Å². The molecular weight excluding hydrogens is 286 g/mol. The van der Waals surface area contributed by atoms with Gasteiger partial charge in [-0.25, -0.2) is 0 Å². The van der Waals surface area contributed by atoms with E-state index >= 15 is 0 Å². The Morgan fingerprint density at radius 2 is 2.10 bits per heavy atom. The normalized spacial score (nSPS) is 12.7. The Morgan fingerprint density at radius 1 is 1.38 bits per heavy atom. The van der Waals surface area contributed by atoms with E-state index in [0.29, 0.717) is 11.7 Å². The average Bonchev–Trinajstić information content (AvgIpc) is 2.44. The van der Waals surface area contributed by atoms with Gasteiger partial charge in [0.15, 0.2) is 5.11 Å². The molecule has 6 heteroatoms. The monoisotopic (exact) mass is 309 g/mol. The second-order valence-electron chi connectivity index (χ2n) is 4.84. The van der Waals surface area contributed by atoms with Crippen LogP contribution in [-0.4, -0.2) is 37.7 Å². The first kappa shape index (κ1) is 17.4. The quantitative estimate of drug-likeness (QED) is 0.479. The van der Waals surface area contributed by atoms with E-state index in [1.807, 2.05) is 39.0 Å². The molecule has 0 heterocycles. The lowest BCUT2D eigenvalue weighted by Crippen LogP contribution is -2.40. The SMILES string of the molecule is COC[C@@H](C)NC(=S)N/N=C(/C)c1cc(C)ccc1OC. The highest BCUT2D eigenvalue weighted by atomic mass is 32.1. The molecule has 2 N–H and O–H groups in total. The van der Waals surface area contributed by atoms with Gasteiger partial charge in [-0.05, 0) is 45.1 Å². The van der Waals surface area contributed by atoms with Crippen LogP contribution in [0, 0.1) is 6.92 Å². The zero-order valence-corrected chi connectivity index (χ0v) is 14.0. The average molecular weight is 309 g/mol. The summed E-state index contributed by atoms with van der Waals surface area (Å²) in [4.78, 5) is 0. The van der Waals surface area contributed by atoms with Crippen molar-refractivity contribution in [3.05, 3.63) is 29.3 Å². The molecule has 0 saturated carbocycles. The highest BCUT2D eigenvalue weighted by Gasteiger charge is 2.07. The minimum atomic E-state index is 0.124. The highest BCUT2D eigenvalue weighted by molar-refractivity contribution is 7.80. The molecule has 1 atom stereocenters. The number of nitrogens with one attached hydrogen (secondary N) is 2. The largest absolute Gasteiger partial charge is 0.496 e. The summed E-state index contributed by atoms with van der Waals surface area (Å²) in [7, 11) is 3.30. The summed E-state index contributed by atoms with van der Waals surface area (Å²) in [6.07, 6.45) is 0. The fourth-order valence-corrected chi connectivity index (χ4v) is 2.09. The third kappa shape index (κ3) is 5.69. The van der Waals surface area contributed by atoms with Crippen molar-refractivity contribution in [1.82, 2.24) is 10.7 Å². The molecule has 0 spiro atoms. The van der Waals surface area contributed by atoms with E-state index in [1.54, 1.807) is 14.2 Å². The fraction of sp³-hybridized carbons (Fsp3) is 0.467. The van der Waals surface area contributed by atoms with Crippen molar-refractivity contribution in [2.75, 3.05) is 20.8 Å². The van der Waals surface area contributed by atoms with Crippen LogP contribution in [0.2, 0.25) is 0 Å². The van der Waals surface area contributed by atoms with Gasteiger partial charge in [0.25, 0.3) is 0 Å². The van der Waals surface area contributed by atoms with Gasteiger partial charge in [0.05, 0.1) is 19.4 Å². The summed E-state index contributed by atoms with van der Waals surface area (Å²) in [5, 5.41) is 7.85. The fourth-order valence-electron chi connectivity index (χ4n) is 1.85. The summed E-state index contributed by atoms with van der Waals surface area (Å²) in [6.45, 7) is 6.50. The van der Waals surface area contributed by atoms with Crippen molar-refractivity contribution in [2.45, 2.75) is 26.8 Å².